The van der Waals surface area contributed by atoms with E-state index in [0.29, 0.717) is 25.9 Å². The molecule has 0 radical (unpaired) electrons. The van der Waals surface area contributed by atoms with Crippen molar-refractivity contribution in [1.82, 2.24) is 10.2 Å². The fraction of sp³-hybridized carbons (Fsp3) is 0.308. The fourth-order valence-electron chi connectivity index (χ4n) is 3.79. The smallest absolute Gasteiger partial charge is 0.242 e. The second-order valence-corrected chi connectivity index (χ2v) is 7.53. The first-order valence-corrected chi connectivity index (χ1v) is 10.7. The van der Waals surface area contributed by atoms with Crippen molar-refractivity contribution in [2.24, 2.45) is 0 Å². The zero-order chi connectivity index (χ0) is 21.3. The van der Waals surface area contributed by atoms with Gasteiger partial charge >= 0.3 is 0 Å². The maximum absolute atomic E-state index is 13.2. The van der Waals surface area contributed by atoms with E-state index >= 15 is 0 Å². The Balaban J connectivity index is 1.72. The van der Waals surface area contributed by atoms with Crippen molar-refractivity contribution in [3.63, 3.8) is 0 Å². The molecule has 0 aliphatic heterocycles. The molecule has 0 fully saturated rings. The van der Waals surface area contributed by atoms with E-state index in [2.05, 4.69) is 41.7 Å². The molecule has 0 saturated carbocycles. The predicted molar refractivity (Wildman–Crippen MR) is 122 cm³/mol. The highest BCUT2D eigenvalue weighted by atomic mass is 16.2. The number of carbonyl (C=O) groups excluding carboxylic acids is 2. The van der Waals surface area contributed by atoms with Crippen molar-refractivity contribution >= 4 is 22.6 Å². The largest absolute Gasteiger partial charge is 0.355 e. The second kappa shape index (κ2) is 10.6. The van der Waals surface area contributed by atoms with E-state index in [1.807, 2.05) is 50.2 Å². The standard InChI is InChI=1S/C26H30N2O2/c1-3-27-26(30)20(2)28(19-18-21-10-5-4-6-11-21)25(29)17-16-23-14-9-13-22-12-7-8-15-24(22)23/h4-15,20H,3,16-19H2,1-2H3,(H,27,30)/t20-/m1/s1. The molecular weight excluding hydrogens is 372 g/mol. The molecule has 3 rings (SSSR count). The van der Waals surface area contributed by atoms with E-state index in [-0.39, 0.29) is 11.8 Å². The Kier molecular flexibility index (Phi) is 7.61. The minimum Gasteiger partial charge on any atom is -0.355 e. The van der Waals surface area contributed by atoms with E-state index in [0.717, 1.165) is 17.5 Å². The number of benzene rings is 3. The second-order valence-electron chi connectivity index (χ2n) is 7.53. The third-order valence-corrected chi connectivity index (χ3v) is 5.49. The number of aryl methyl sites for hydroxylation is 1. The van der Waals surface area contributed by atoms with Gasteiger partial charge in [0.1, 0.15) is 6.04 Å². The van der Waals surface area contributed by atoms with Crippen LogP contribution in [0.3, 0.4) is 0 Å². The molecule has 3 aromatic carbocycles. The topological polar surface area (TPSA) is 49.4 Å². The van der Waals surface area contributed by atoms with Crippen molar-refractivity contribution in [3.05, 3.63) is 83.9 Å². The summed E-state index contributed by atoms with van der Waals surface area (Å²) in [6.45, 7) is 4.78. The lowest BCUT2D eigenvalue weighted by molar-refractivity contribution is -0.139. The van der Waals surface area contributed by atoms with Gasteiger partial charge in [0, 0.05) is 19.5 Å². The molecule has 3 aromatic rings. The Morgan fingerprint density at radius 1 is 0.900 bits per heavy atom. The number of likely N-dealkylation sites (N-methyl/N-ethyl adjacent to an activating group) is 1. The van der Waals surface area contributed by atoms with Gasteiger partial charge in [0.25, 0.3) is 0 Å². The van der Waals surface area contributed by atoms with Gasteiger partial charge in [-0.15, -0.1) is 0 Å². The number of hydrogen-bond donors (Lipinski definition) is 1. The number of carbonyl (C=O) groups is 2. The monoisotopic (exact) mass is 402 g/mol. The summed E-state index contributed by atoms with van der Waals surface area (Å²) in [6, 6.07) is 24.0. The highest BCUT2D eigenvalue weighted by molar-refractivity contribution is 5.88. The summed E-state index contributed by atoms with van der Waals surface area (Å²) in [6.07, 6.45) is 1.77. The maximum atomic E-state index is 13.2. The summed E-state index contributed by atoms with van der Waals surface area (Å²) >= 11 is 0. The molecule has 4 heteroatoms. The third-order valence-electron chi connectivity index (χ3n) is 5.49. The van der Waals surface area contributed by atoms with Crippen LogP contribution in [0.4, 0.5) is 0 Å². The van der Waals surface area contributed by atoms with Crippen LogP contribution in [0.5, 0.6) is 0 Å². The van der Waals surface area contributed by atoms with Crippen LogP contribution in [0.2, 0.25) is 0 Å². The third kappa shape index (κ3) is 5.47. The fourth-order valence-corrected chi connectivity index (χ4v) is 3.79. The van der Waals surface area contributed by atoms with E-state index in [1.54, 1.807) is 4.90 Å². The summed E-state index contributed by atoms with van der Waals surface area (Å²) in [4.78, 5) is 27.3. The Labute approximate surface area is 178 Å². The SMILES string of the molecule is CCNC(=O)[C@@H](C)N(CCc1ccccc1)C(=O)CCc1cccc2ccccc12. The Hall–Kier alpha value is -3.14. The van der Waals surface area contributed by atoms with Gasteiger partial charge in [-0.1, -0.05) is 72.8 Å². The minimum absolute atomic E-state index is 0.0117. The summed E-state index contributed by atoms with van der Waals surface area (Å²) < 4.78 is 0. The number of rotatable bonds is 9. The van der Waals surface area contributed by atoms with Gasteiger partial charge in [0.2, 0.25) is 11.8 Å². The van der Waals surface area contributed by atoms with Crippen molar-refractivity contribution < 1.29 is 9.59 Å². The molecule has 30 heavy (non-hydrogen) atoms. The molecule has 156 valence electrons. The number of fused-ring (bicyclic) bond motifs is 1. The molecule has 0 unspecified atom stereocenters. The molecule has 0 aliphatic carbocycles. The van der Waals surface area contributed by atoms with Crippen LogP contribution in [0.1, 0.15) is 31.4 Å². The van der Waals surface area contributed by atoms with Crippen LogP contribution in [-0.4, -0.2) is 35.8 Å². The molecular formula is C26H30N2O2. The quantitative estimate of drug-likeness (QED) is 0.578. The zero-order valence-corrected chi connectivity index (χ0v) is 17.8. The highest BCUT2D eigenvalue weighted by Crippen LogP contribution is 2.20. The maximum Gasteiger partial charge on any atom is 0.242 e. The molecule has 2 amide bonds. The molecule has 1 atom stereocenters. The average molecular weight is 403 g/mol. The summed E-state index contributed by atoms with van der Waals surface area (Å²) in [5, 5.41) is 5.20. The van der Waals surface area contributed by atoms with Crippen LogP contribution in [0.25, 0.3) is 10.8 Å². The van der Waals surface area contributed by atoms with Crippen molar-refractivity contribution in [2.75, 3.05) is 13.1 Å². The Morgan fingerprint density at radius 2 is 1.60 bits per heavy atom. The van der Waals surface area contributed by atoms with Crippen molar-refractivity contribution in [2.45, 2.75) is 39.2 Å². The zero-order valence-electron chi connectivity index (χ0n) is 17.8. The lowest BCUT2D eigenvalue weighted by atomic mass is 10.0. The first-order valence-electron chi connectivity index (χ1n) is 10.7. The number of nitrogens with zero attached hydrogens (tertiary/aromatic N) is 1. The van der Waals surface area contributed by atoms with E-state index in [4.69, 9.17) is 0 Å². The van der Waals surface area contributed by atoms with Gasteiger partial charge in [0.15, 0.2) is 0 Å². The summed E-state index contributed by atoms with van der Waals surface area (Å²) in [7, 11) is 0. The number of nitrogens with one attached hydrogen (secondary N) is 1. The van der Waals surface area contributed by atoms with Crippen LogP contribution in [0.15, 0.2) is 72.8 Å². The van der Waals surface area contributed by atoms with E-state index < -0.39 is 6.04 Å². The first kappa shape index (κ1) is 21.6. The van der Waals surface area contributed by atoms with E-state index in [1.165, 1.54) is 10.8 Å². The normalized spacial score (nSPS) is 11.8. The molecule has 0 bridgehead atoms. The van der Waals surface area contributed by atoms with Gasteiger partial charge in [-0.3, -0.25) is 9.59 Å². The van der Waals surface area contributed by atoms with Crippen LogP contribution in [-0.2, 0) is 22.4 Å². The number of amides is 2. The molecule has 0 saturated heterocycles. The van der Waals surface area contributed by atoms with Crippen LogP contribution in [0, 0.1) is 0 Å². The Morgan fingerprint density at radius 3 is 2.37 bits per heavy atom. The van der Waals surface area contributed by atoms with Gasteiger partial charge in [-0.25, -0.2) is 0 Å². The molecule has 0 heterocycles. The Bertz CT molecular complexity index is 979. The van der Waals surface area contributed by atoms with Crippen molar-refractivity contribution in [1.29, 1.82) is 0 Å². The average Bonchev–Trinajstić information content (AvgIpc) is 2.78. The molecule has 1 N–H and O–H groups in total. The highest BCUT2D eigenvalue weighted by Gasteiger charge is 2.25. The van der Waals surface area contributed by atoms with Gasteiger partial charge in [-0.05, 0) is 48.6 Å². The van der Waals surface area contributed by atoms with E-state index in [9.17, 15) is 9.59 Å². The lowest BCUT2D eigenvalue weighted by Crippen LogP contribution is -2.48. The molecule has 0 aliphatic rings. The van der Waals surface area contributed by atoms with Crippen molar-refractivity contribution in [3.8, 4) is 0 Å². The molecule has 0 spiro atoms. The van der Waals surface area contributed by atoms with Crippen LogP contribution < -0.4 is 5.32 Å². The first-order chi connectivity index (χ1) is 14.6. The lowest BCUT2D eigenvalue weighted by Gasteiger charge is -2.29. The van der Waals surface area contributed by atoms with Gasteiger partial charge in [-0.2, -0.15) is 0 Å². The summed E-state index contributed by atoms with van der Waals surface area (Å²) in [5.41, 5.74) is 2.32. The number of hydrogen-bond acceptors (Lipinski definition) is 2. The predicted octanol–water partition coefficient (Wildman–Crippen LogP) is 4.37. The molecule has 0 aromatic heterocycles. The molecule has 4 nitrogen and oxygen atoms in total. The minimum atomic E-state index is -0.492. The van der Waals surface area contributed by atoms with Gasteiger partial charge < -0.3 is 10.2 Å². The summed E-state index contributed by atoms with van der Waals surface area (Å²) in [5.74, 6) is -0.0957. The van der Waals surface area contributed by atoms with Gasteiger partial charge in [0.05, 0.1) is 0 Å². The van der Waals surface area contributed by atoms with Crippen LogP contribution >= 0.6 is 0 Å².